The molecule has 0 saturated carbocycles. The number of hydrogen-bond donors (Lipinski definition) is 1. The molecule has 166 valence electrons. The fourth-order valence-corrected chi connectivity index (χ4v) is 3.81. The van der Waals surface area contributed by atoms with Crippen molar-refractivity contribution in [1.82, 2.24) is 0 Å². The molecule has 0 bridgehead atoms. The van der Waals surface area contributed by atoms with Crippen LogP contribution in [-0.2, 0) is 4.79 Å². The van der Waals surface area contributed by atoms with Gasteiger partial charge in [0.2, 0.25) is 0 Å². The first-order valence-corrected chi connectivity index (χ1v) is 11.1. The number of ether oxygens (including phenoxy) is 2. The average molecular weight is 516 g/mol. The van der Waals surface area contributed by atoms with E-state index in [0.717, 1.165) is 22.4 Å². The van der Waals surface area contributed by atoms with Crippen LogP contribution in [0.4, 0.5) is 11.4 Å². The van der Waals surface area contributed by atoms with Crippen LogP contribution < -0.4 is 14.8 Å². The molecule has 0 radical (unpaired) electrons. The van der Waals surface area contributed by atoms with Gasteiger partial charge in [0.1, 0.15) is 0 Å². The van der Waals surface area contributed by atoms with Crippen molar-refractivity contribution in [2.45, 2.75) is 20.8 Å². The van der Waals surface area contributed by atoms with Gasteiger partial charge in [-0.3, -0.25) is 9.79 Å². The Kier molecular flexibility index (Phi) is 7.94. The van der Waals surface area contributed by atoms with Crippen molar-refractivity contribution in [1.29, 1.82) is 0 Å². The number of carbonyl (C=O) groups is 1. The van der Waals surface area contributed by atoms with Crippen LogP contribution in [0.1, 0.15) is 22.3 Å². The van der Waals surface area contributed by atoms with Crippen molar-refractivity contribution in [3.63, 3.8) is 0 Å². The van der Waals surface area contributed by atoms with Gasteiger partial charge < -0.3 is 14.8 Å². The maximum absolute atomic E-state index is 12.3. The van der Waals surface area contributed by atoms with E-state index in [1.165, 1.54) is 5.56 Å². The van der Waals surface area contributed by atoms with Gasteiger partial charge in [-0.25, -0.2) is 0 Å². The van der Waals surface area contributed by atoms with Crippen molar-refractivity contribution in [2.24, 2.45) is 4.99 Å². The second-order valence-electron chi connectivity index (χ2n) is 7.38. The Morgan fingerprint density at radius 3 is 2.56 bits per heavy atom. The highest BCUT2D eigenvalue weighted by atomic mass is 79.9. The molecule has 0 aliphatic rings. The molecule has 0 atom stereocenters. The number of rotatable bonds is 7. The fourth-order valence-electron chi connectivity index (χ4n) is 3.05. The third-order valence-electron chi connectivity index (χ3n) is 4.76. The summed E-state index contributed by atoms with van der Waals surface area (Å²) in [7, 11) is 1.55. The standard InChI is InChI=1S/C25H24BrClN2O3/c1-15-5-8-22(17(3)9-15)28-13-18-10-20(26)25(23(11-18)31-4)32-14-24(30)29-19-7-6-16(2)21(27)12-19/h5-13H,14H2,1-4H3,(H,29,30). The molecule has 3 aromatic carbocycles. The van der Waals surface area contributed by atoms with E-state index >= 15 is 0 Å². The number of aliphatic imine (C=N–C) groups is 1. The zero-order chi connectivity index (χ0) is 23.3. The molecule has 0 aromatic heterocycles. The predicted octanol–water partition coefficient (Wildman–Crippen LogP) is 6.80. The van der Waals surface area contributed by atoms with E-state index in [-0.39, 0.29) is 12.5 Å². The summed E-state index contributed by atoms with van der Waals surface area (Å²) in [6.07, 6.45) is 1.77. The number of halogens is 2. The molecular weight excluding hydrogens is 492 g/mol. The first-order chi connectivity index (χ1) is 15.3. The molecule has 3 aromatic rings. The predicted molar refractivity (Wildman–Crippen MR) is 134 cm³/mol. The van der Waals surface area contributed by atoms with Crippen LogP contribution in [0.2, 0.25) is 5.02 Å². The first-order valence-electron chi connectivity index (χ1n) is 9.94. The van der Waals surface area contributed by atoms with Gasteiger partial charge in [-0.1, -0.05) is 35.4 Å². The van der Waals surface area contributed by atoms with Crippen LogP contribution in [0.15, 0.2) is 58.0 Å². The summed E-state index contributed by atoms with van der Waals surface area (Å²) in [4.78, 5) is 16.9. The number of carbonyl (C=O) groups excluding carboxylic acids is 1. The number of nitrogens with zero attached hydrogens (tertiary/aromatic N) is 1. The van der Waals surface area contributed by atoms with Gasteiger partial charge in [0.05, 0.1) is 17.3 Å². The van der Waals surface area contributed by atoms with Crippen LogP contribution in [0.25, 0.3) is 0 Å². The van der Waals surface area contributed by atoms with Gasteiger partial charge >= 0.3 is 0 Å². The maximum atomic E-state index is 12.3. The van der Waals surface area contributed by atoms with Crippen LogP contribution >= 0.6 is 27.5 Å². The molecule has 1 amide bonds. The highest BCUT2D eigenvalue weighted by molar-refractivity contribution is 9.10. The summed E-state index contributed by atoms with van der Waals surface area (Å²) in [6.45, 7) is 5.80. The normalized spacial score (nSPS) is 10.9. The van der Waals surface area contributed by atoms with Gasteiger partial charge in [-0.05, 0) is 83.7 Å². The molecule has 3 rings (SSSR count). The van der Waals surface area contributed by atoms with Crippen LogP contribution in [0.3, 0.4) is 0 Å². The van der Waals surface area contributed by atoms with E-state index in [4.69, 9.17) is 21.1 Å². The molecule has 1 N–H and O–H groups in total. The summed E-state index contributed by atoms with van der Waals surface area (Å²) in [5, 5.41) is 3.36. The molecule has 0 unspecified atom stereocenters. The van der Waals surface area contributed by atoms with Gasteiger partial charge in [0, 0.05) is 16.9 Å². The number of benzene rings is 3. The quantitative estimate of drug-likeness (QED) is 0.352. The van der Waals surface area contributed by atoms with Gasteiger partial charge in [-0.2, -0.15) is 0 Å². The van der Waals surface area contributed by atoms with Crippen molar-refractivity contribution >= 4 is 51.0 Å². The van der Waals surface area contributed by atoms with Crippen LogP contribution in [0.5, 0.6) is 11.5 Å². The van der Waals surface area contributed by atoms with E-state index in [1.54, 1.807) is 25.5 Å². The lowest BCUT2D eigenvalue weighted by Gasteiger charge is -2.14. The number of aryl methyl sites for hydroxylation is 3. The topological polar surface area (TPSA) is 59.9 Å². The summed E-state index contributed by atoms with van der Waals surface area (Å²) < 4.78 is 11.9. The summed E-state index contributed by atoms with van der Waals surface area (Å²) >= 11 is 9.62. The second kappa shape index (κ2) is 10.7. The lowest BCUT2D eigenvalue weighted by molar-refractivity contribution is -0.118. The Balaban J connectivity index is 1.71. The molecule has 0 aliphatic heterocycles. The zero-order valence-corrected chi connectivity index (χ0v) is 20.7. The molecule has 32 heavy (non-hydrogen) atoms. The number of methoxy groups -OCH3 is 1. The summed E-state index contributed by atoms with van der Waals surface area (Å²) in [5.41, 5.74) is 5.59. The molecule has 0 aliphatic carbocycles. The molecule has 0 spiro atoms. The average Bonchev–Trinajstić information content (AvgIpc) is 2.74. The molecule has 0 fully saturated rings. The Hall–Kier alpha value is -2.83. The van der Waals surface area contributed by atoms with E-state index in [0.29, 0.717) is 26.7 Å². The molecule has 0 heterocycles. The highest BCUT2D eigenvalue weighted by Crippen LogP contribution is 2.36. The van der Waals surface area contributed by atoms with Gasteiger partial charge in [0.15, 0.2) is 18.1 Å². The lowest BCUT2D eigenvalue weighted by atomic mass is 10.1. The first kappa shape index (κ1) is 23.8. The monoisotopic (exact) mass is 514 g/mol. The third kappa shape index (κ3) is 6.11. The minimum absolute atomic E-state index is 0.184. The van der Waals surface area contributed by atoms with E-state index in [9.17, 15) is 4.79 Å². The molecule has 5 nitrogen and oxygen atoms in total. The SMILES string of the molecule is COc1cc(C=Nc2ccc(C)cc2C)cc(Br)c1OCC(=O)Nc1ccc(C)c(Cl)c1. The Morgan fingerprint density at radius 1 is 1.09 bits per heavy atom. The highest BCUT2D eigenvalue weighted by Gasteiger charge is 2.14. The van der Waals surface area contributed by atoms with Crippen LogP contribution in [0, 0.1) is 20.8 Å². The Labute approximate surface area is 201 Å². The van der Waals surface area contributed by atoms with Crippen molar-refractivity contribution in [3.8, 4) is 11.5 Å². The zero-order valence-electron chi connectivity index (χ0n) is 18.3. The van der Waals surface area contributed by atoms with Crippen molar-refractivity contribution in [3.05, 3.63) is 80.3 Å². The van der Waals surface area contributed by atoms with Crippen LogP contribution in [-0.4, -0.2) is 25.8 Å². The maximum Gasteiger partial charge on any atom is 0.262 e. The molecule has 7 heteroatoms. The van der Waals surface area contributed by atoms with E-state index in [2.05, 4.69) is 39.2 Å². The van der Waals surface area contributed by atoms with E-state index in [1.807, 2.05) is 44.2 Å². The van der Waals surface area contributed by atoms with Crippen molar-refractivity contribution in [2.75, 3.05) is 19.0 Å². The fraction of sp³-hybridized carbons (Fsp3) is 0.200. The summed E-state index contributed by atoms with van der Waals surface area (Å²) in [5.74, 6) is 0.625. The minimum Gasteiger partial charge on any atom is -0.493 e. The summed E-state index contributed by atoms with van der Waals surface area (Å²) in [6, 6.07) is 15.1. The number of anilines is 1. The number of hydrogen-bond acceptors (Lipinski definition) is 4. The Morgan fingerprint density at radius 2 is 1.88 bits per heavy atom. The van der Waals surface area contributed by atoms with Gasteiger partial charge in [-0.15, -0.1) is 0 Å². The number of nitrogens with one attached hydrogen (secondary N) is 1. The second-order valence-corrected chi connectivity index (χ2v) is 8.64. The van der Waals surface area contributed by atoms with E-state index < -0.39 is 0 Å². The molecular formula is C25H24BrClN2O3. The number of amides is 1. The lowest BCUT2D eigenvalue weighted by Crippen LogP contribution is -2.20. The van der Waals surface area contributed by atoms with Crippen molar-refractivity contribution < 1.29 is 14.3 Å². The minimum atomic E-state index is -0.306. The Bertz CT molecular complexity index is 1180. The smallest absolute Gasteiger partial charge is 0.262 e. The largest absolute Gasteiger partial charge is 0.493 e. The van der Waals surface area contributed by atoms with Gasteiger partial charge in [0.25, 0.3) is 5.91 Å². The third-order valence-corrected chi connectivity index (χ3v) is 5.76. The molecule has 0 saturated heterocycles.